The first-order chi connectivity index (χ1) is 10.1. The van der Waals surface area contributed by atoms with Crippen molar-refractivity contribution in [1.29, 1.82) is 0 Å². The monoisotopic (exact) mass is 304 g/mol. The van der Waals surface area contributed by atoms with Gasteiger partial charge in [-0.25, -0.2) is 0 Å². The third-order valence-corrected chi connectivity index (χ3v) is 3.58. The molecule has 3 N–H and O–H groups in total. The summed E-state index contributed by atoms with van der Waals surface area (Å²) in [4.78, 5) is 0. The molecule has 1 unspecified atom stereocenters. The molecule has 0 aromatic heterocycles. The summed E-state index contributed by atoms with van der Waals surface area (Å²) < 4.78 is 5.73. The molecule has 3 nitrogen and oxygen atoms in total. The zero-order valence-corrected chi connectivity index (χ0v) is 13.1. The van der Waals surface area contributed by atoms with Gasteiger partial charge in [-0.3, -0.25) is 11.3 Å². The van der Waals surface area contributed by atoms with Crippen LogP contribution in [0, 0.1) is 0 Å². The van der Waals surface area contributed by atoms with Crippen molar-refractivity contribution in [1.82, 2.24) is 5.43 Å². The zero-order chi connectivity index (χ0) is 15.2. The Morgan fingerprint density at radius 3 is 2.57 bits per heavy atom. The summed E-state index contributed by atoms with van der Waals surface area (Å²) in [5.41, 5.74) is 5.01. The largest absolute Gasteiger partial charge is 0.491 e. The van der Waals surface area contributed by atoms with Crippen molar-refractivity contribution in [3.8, 4) is 5.75 Å². The predicted molar refractivity (Wildman–Crippen MR) is 87.4 cm³/mol. The molecule has 0 aliphatic rings. The van der Waals surface area contributed by atoms with Gasteiger partial charge in [-0.2, -0.15) is 0 Å². The van der Waals surface area contributed by atoms with Crippen molar-refractivity contribution in [3.05, 3.63) is 64.7 Å². The van der Waals surface area contributed by atoms with E-state index >= 15 is 0 Å². The molecule has 0 saturated carbocycles. The summed E-state index contributed by atoms with van der Waals surface area (Å²) in [5, 5.41) is 0.757. The predicted octanol–water partition coefficient (Wildman–Crippen LogP) is 3.87. The fourth-order valence-electron chi connectivity index (χ4n) is 2.23. The smallest absolute Gasteiger partial charge is 0.120 e. The molecule has 21 heavy (non-hydrogen) atoms. The van der Waals surface area contributed by atoms with Crippen LogP contribution >= 0.6 is 11.6 Å². The third kappa shape index (κ3) is 4.46. The Morgan fingerprint density at radius 2 is 1.90 bits per heavy atom. The van der Waals surface area contributed by atoms with Gasteiger partial charge in [0, 0.05) is 5.02 Å². The van der Waals surface area contributed by atoms with Gasteiger partial charge in [0.2, 0.25) is 0 Å². The minimum Gasteiger partial charge on any atom is -0.491 e. The van der Waals surface area contributed by atoms with Crippen molar-refractivity contribution in [2.45, 2.75) is 32.4 Å². The lowest BCUT2D eigenvalue weighted by atomic mass is 9.99. The van der Waals surface area contributed by atoms with E-state index in [-0.39, 0.29) is 12.1 Å². The van der Waals surface area contributed by atoms with Gasteiger partial charge < -0.3 is 4.74 Å². The van der Waals surface area contributed by atoms with E-state index in [9.17, 15) is 0 Å². The Bertz CT molecular complexity index is 587. The van der Waals surface area contributed by atoms with Crippen molar-refractivity contribution in [3.63, 3.8) is 0 Å². The van der Waals surface area contributed by atoms with Crippen LogP contribution in [-0.2, 0) is 6.42 Å². The second kappa shape index (κ2) is 7.46. The second-order valence-electron chi connectivity index (χ2n) is 5.25. The van der Waals surface area contributed by atoms with Crippen LogP contribution < -0.4 is 16.0 Å². The molecule has 0 aliphatic carbocycles. The molecule has 0 radical (unpaired) electrons. The number of rotatable bonds is 6. The molecular formula is C17H21ClN2O. The number of benzene rings is 2. The lowest BCUT2D eigenvalue weighted by Gasteiger charge is -2.19. The van der Waals surface area contributed by atoms with Gasteiger partial charge in [-0.15, -0.1) is 0 Å². The number of ether oxygens (including phenoxy) is 1. The maximum Gasteiger partial charge on any atom is 0.120 e. The first kappa shape index (κ1) is 15.8. The van der Waals surface area contributed by atoms with E-state index in [1.165, 1.54) is 0 Å². The Balaban J connectivity index is 2.19. The molecule has 0 bridgehead atoms. The fraction of sp³-hybridized carbons (Fsp3) is 0.294. The third-order valence-electron chi connectivity index (χ3n) is 3.22. The molecule has 0 aliphatic heterocycles. The zero-order valence-electron chi connectivity index (χ0n) is 12.3. The minimum absolute atomic E-state index is 0.0133. The first-order valence-electron chi connectivity index (χ1n) is 7.06. The summed E-state index contributed by atoms with van der Waals surface area (Å²) in [5.74, 6) is 6.57. The number of hydrogen-bond donors (Lipinski definition) is 2. The average Bonchev–Trinajstić information content (AvgIpc) is 2.46. The van der Waals surface area contributed by atoms with Crippen LogP contribution in [0.25, 0.3) is 0 Å². The highest BCUT2D eigenvalue weighted by Crippen LogP contribution is 2.25. The summed E-state index contributed by atoms with van der Waals surface area (Å²) in [6.07, 6.45) is 0.870. The Hall–Kier alpha value is -1.55. The SMILES string of the molecule is CC(C)Oc1cccc(C(Cc2ccccc2Cl)NN)c1. The van der Waals surface area contributed by atoms with Crippen LogP contribution in [0.3, 0.4) is 0 Å². The highest BCUT2D eigenvalue weighted by molar-refractivity contribution is 6.31. The van der Waals surface area contributed by atoms with Gasteiger partial charge in [0.1, 0.15) is 5.75 Å². The topological polar surface area (TPSA) is 47.3 Å². The second-order valence-corrected chi connectivity index (χ2v) is 5.66. The fourth-order valence-corrected chi connectivity index (χ4v) is 2.45. The van der Waals surface area contributed by atoms with Crippen LogP contribution in [0.15, 0.2) is 48.5 Å². The lowest BCUT2D eigenvalue weighted by Crippen LogP contribution is -2.29. The maximum absolute atomic E-state index is 6.22. The molecule has 0 heterocycles. The molecule has 0 amide bonds. The van der Waals surface area contributed by atoms with E-state index in [4.69, 9.17) is 22.2 Å². The van der Waals surface area contributed by atoms with E-state index in [1.807, 2.05) is 62.4 Å². The summed E-state index contributed by atoms with van der Waals surface area (Å²) in [7, 11) is 0. The molecule has 112 valence electrons. The summed E-state index contributed by atoms with van der Waals surface area (Å²) in [6, 6.07) is 15.8. The van der Waals surface area contributed by atoms with E-state index in [2.05, 4.69) is 5.43 Å². The van der Waals surface area contributed by atoms with Gasteiger partial charge in [0.25, 0.3) is 0 Å². The molecular weight excluding hydrogens is 284 g/mol. The molecule has 0 spiro atoms. The standard InChI is InChI=1S/C17H21ClN2O/c1-12(2)21-15-8-5-7-14(10-15)17(20-19)11-13-6-3-4-9-16(13)18/h3-10,12,17,20H,11,19H2,1-2H3. The Kier molecular flexibility index (Phi) is 5.62. The first-order valence-corrected chi connectivity index (χ1v) is 7.44. The molecule has 0 fully saturated rings. The molecule has 4 heteroatoms. The van der Waals surface area contributed by atoms with Gasteiger partial charge in [0.15, 0.2) is 0 Å². The Morgan fingerprint density at radius 1 is 1.14 bits per heavy atom. The molecule has 1 atom stereocenters. The van der Waals surface area contributed by atoms with Gasteiger partial charge in [-0.05, 0) is 49.6 Å². The highest BCUT2D eigenvalue weighted by atomic mass is 35.5. The average molecular weight is 305 g/mol. The van der Waals surface area contributed by atoms with Crippen molar-refractivity contribution in [2.75, 3.05) is 0 Å². The number of nitrogens with two attached hydrogens (primary N) is 1. The quantitative estimate of drug-likeness (QED) is 0.629. The molecule has 0 saturated heterocycles. The van der Waals surface area contributed by atoms with E-state index in [1.54, 1.807) is 0 Å². The Labute approximate surface area is 131 Å². The van der Waals surface area contributed by atoms with Crippen LogP contribution in [-0.4, -0.2) is 6.10 Å². The van der Waals surface area contributed by atoms with Gasteiger partial charge in [0.05, 0.1) is 12.1 Å². The lowest BCUT2D eigenvalue weighted by molar-refractivity contribution is 0.242. The molecule has 2 rings (SSSR count). The van der Waals surface area contributed by atoms with Crippen molar-refractivity contribution < 1.29 is 4.74 Å². The van der Waals surface area contributed by atoms with E-state index < -0.39 is 0 Å². The number of hydrazine groups is 1. The summed E-state index contributed by atoms with van der Waals surface area (Å²) >= 11 is 6.22. The normalized spacial score (nSPS) is 12.4. The van der Waals surface area contributed by atoms with Crippen LogP contribution in [0.5, 0.6) is 5.75 Å². The summed E-state index contributed by atoms with van der Waals surface area (Å²) in [6.45, 7) is 4.02. The molecule has 2 aromatic carbocycles. The van der Waals surface area contributed by atoms with Crippen LogP contribution in [0.4, 0.5) is 0 Å². The van der Waals surface area contributed by atoms with E-state index in [0.29, 0.717) is 0 Å². The van der Waals surface area contributed by atoms with Crippen LogP contribution in [0.1, 0.15) is 31.0 Å². The van der Waals surface area contributed by atoms with Crippen LogP contribution in [0.2, 0.25) is 5.02 Å². The maximum atomic E-state index is 6.22. The minimum atomic E-state index is -0.0133. The number of halogens is 1. The number of nitrogens with one attached hydrogen (secondary N) is 1. The number of hydrogen-bond acceptors (Lipinski definition) is 3. The highest BCUT2D eigenvalue weighted by Gasteiger charge is 2.13. The van der Waals surface area contributed by atoms with Crippen molar-refractivity contribution >= 4 is 11.6 Å². The van der Waals surface area contributed by atoms with Gasteiger partial charge in [-0.1, -0.05) is 41.9 Å². The molecule has 2 aromatic rings. The van der Waals surface area contributed by atoms with Crippen molar-refractivity contribution in [2.24, 2.45) is 5.84 Å². The van der Waals surface area contributed by atoms with E-state index in [0.717, 1.165) is 28.3 Å². The van der Waals surface area contributed by atoms with Gasteiger partial charge >= 0.3 is 0 Å².